The normalized spacial score (nSPS) is 10.5. The van der Waals surface area contributed by atoms with E-state index in [0.717, 1.165) is 16.3 Å². The fourth-order valence-corrected chi connectivity index (χ4v) is 3.50. The van der Waals surface area contributed by atoms with Crippen LogP contribution in [0.1, 0.15) is 10.4 Å². The van der Waals surface area contributed by atoms with Crippen LogP contribution in [-0.2, 0) is 11.9 Å². The fraction of sp³-hybridized carbons (Fsp3) is 0.231. The summed E-state index contributed by atoms with van der Waals surface area (Å²) in [6, 6.07) is 10.7. The molecular formula is C13H13Br2NS. The first-order valence-corrected chi connectivity index (χ1v) is 8.08. The summed E-state index contributed by atoms with van der Waals surface area (Å²) in [6.07, 6.45) is 0. The molecular weight excluding hydrogens is 362 g/mol. The molecule has 1 heterocycles. The van der Waals surface area contributed by atoms with Gasteiger partial charge in [-0.3, -0.25) is 0 Å². The fourth-order valence-electron chi connectivity index (χ4n) is 1.66. The number of hydrogen-bond acceptors (Lipinski definition) is 2. The molecule has 0 amide bonds. The highest BCUT2D eigenvalue weighted by Gasteiger charge is 2.07. The number of rotatable bonds is 4. The zero-order valence-corrected chi connectivity index (χ0v) is 13.5. The molecule has 1 aromatic heterocycles. The van der Waals surface area contributed by atoms with Gasteiger partial charge in [-0.05, 0) is 45.1 Å². The molecule has 0 bridgehead atoms. The molecule has 1 nitrogen and oxygen atoms in total. The Bertz CT molecular complexity index is 482. The maximum Gasteiger partial charge on any atom is 0.0519 e. The highest BCUT2D eigenvalue weighted by Crippen LogP contribution is 2.28. The Hall–Kier alpha value is -0.320. The molecule has 0 aliphatic heterocycles. The molecule has 0 N–H and O–H groups in total. The van der Waals surface area contributed by atoms with E-state index in [4.69, 9.17) is 0 Å². The van der Waals surface area contributed by atoms with Crippen molar-refractivity contribution in [3.8, 4) is 0 Å². The summed E-state index contributed by atoms with van der Waals surface area (Å²) in [5.74, 6) is 0. The first kappa shape index (κ1) is 13.1. The topological polar surface area (TPSA) is 3.24 Å². The Morgan fingerprint density at radius 2 is 2.12 bits per heavy atom. The highest BCUT2D eigenvalue weighted by atomic mass is 79.9. The minimum atomic E-state index is 0.889. The van der Waals surface area contributed by atoms with Gasteiger partial charge in [0.2, 0.25) is 0 Å². The predicted molar refractivity (Wildman–Crippen MR) is 83.2 cm³/mol. The molecule has 0 radical (unpaired) electrons. The van der Waals surface area contributed by atoms with Crippen LogP contribution in [-0.4, -0.2) is 7.05 Å². The molecule has 17 heavy (non-hydrogen) atoms. The SMILES string of the molecule is CN(Cc1cccs1)c1ccc(CBr)cc1Br. The second-order valence-corrected chi connectivity index (χ2v) is 6.30. The average molecular weight is 375 g/mol. The average Bonchev–Trinajstić information content (AvgIpc) is 2.81. The summed E-state index contributed by atoms with van der Waals surface area (Å²) in [4.78, 5) is 3.64. The number of halogens is 2. The number of hydrogen-bond donors (Lipinski definition) is 0. The van der Waals surface area contributed by atoms with E-state index >= 15 is 0 Å². The number of thiophene rings is 1. The third-order valence-electron chi connectivity index (χ3n) is 2.55. The van der Waals surface area contributed by atoms with E-state index in [2.05, 4.69) is 79.5 Å². The third-order valence-corrected chi connectivity index (χ3v) is 4.69. The Morgan fingerprint density at radius 1 is 1.29 bits per heavy atom. The van der Waals surface area contributed by atoms with Gasteiger partial charge in [-0.1, -0.05) is 28.1 Å². The van der Waals surface area contributed by atoms with E-state index in [1.165, 1.54) is 16.1 Å². The lowest BCUT2D eigenvalue weighted by Crippen LogP contribution is -2.16. The van der Waals surface area contributed by atoms with Gasteiger partial charge in [0.15, 0.2) is 0 Å². The van der Waals surface area contributed by atoms with Gasteiger partial charge in [-0.2, -0.15) is 0 Å². The van der Waals surface area contributed by atoms with Crippen molar-refractivity contribution in [1.82, 2.24) is 0 Å². The minimum Gasteiger partial charge on any atom is -0.369 e. The van der Waals surface area contributed by atoms with Crippen LogP contribution in [0.3, 0.4) is 0 Å². The van der Waals surface area contributed by atoms with E-state index in [0.29, 0.717) is 0 Å². The van der Waals surface area contributed by atoms with Gasteiger partial charge >= 0.3 is 0 Å². The van der Waals surface area contributed by atoms with Crippen LogP contribution in [0.4, 0.5) is 5.69 Å². The van der Waals surface area contributed by atoms with Crippen LogP contribution in [0, 0.1) is 0 Å². The van der Waals surface area contributed by atoms with E-state index < -0.39 is 0 Å². The quantitative estimate of drug-likeness (QED) is 0.677. The first-order chi connectivity index (χ1) is 8.20. The molecule has 90 valence electrons. The maximum atomic E-state index is 3.63. The van der Waals surface area contributed by atoms with E-state index in [1.54, 1.807) is 11.3 Å². The predicted octanol–water partition coefficient (Wildman–Crippen LogP) is 5.04. The Balaban J connectivity index is 2.16. The second-order valence-electron chi connectivity index (χ2n) is 3.85. The summed E-state index contributed by atoms with van der Waals surface area (Å²) < 4.78 is 1.15. The number of anilines is 1. The molecule has 0 saturated heterocycles. The molecule has 0 atom stereocenters. The van der Waals surface area contributed by atoms with Crippen LogP contribution >= 0.6 is 43.2 Å². The smallest absolute Gasteiger partial charge is 0.0519 e. The van der Waals surface area contributed by atoms with Crippen molar-refractivity contribution in [2.45, 2.75) is 11.9 Å². The van der Waals surface area contributed by atoms with E-state index in [1.807, 2.05) is 0 Å². The monoisotopic (exact) mass is 373 g/mol. The standard InChI is InChI=1S/C13H13Br2NS/c1-16(9-11-3-2-6-17-11)13-5-4-10(8-14)7-12(13)15/h2-7H,8-9H2,1H3. The molecule has 2 aromatic rings. The lowest BCUT2D eigenvalue weighted by molar-refractivity contribution is 0.936. The lowest BCUT2D eigenvalue weighted by atomic mass is 10.2. The summed E-state index contributed by atoms with van der Waals surface area (Å²) >= 11 is 8.90. The van der Waals surface area contributed by atoms with Gasteiger partial charge in [0.1, 0.15) is 0 Å². The van der Waals surface area contributed by atoms with Crippen LogP contribution in [0.2, 0.25) is 0 Å². The molecule has 2 rings (SSSR count). The van der Waals surface area contributed by atoms with Crippen molar-refractivity contribution < 1.29 is 0 Å². The number of alkyl halides is 1. The summed E-state index contributed by atoms with van der Waals surface area (Å²) in [5.41, 5.74) is 2.51. The zero-order chi connectivity index (χ0) is 12.3. The van der Waals surface area contributed by atoms with Crippen LogP contribution in [0.15, 0.2) is 40.2 Å². The minimum absolute atomic E-state index is 0.889. The first-order valence-electron chi connectivity index (χ1n) is 5.28. The zero-order valence-electron chi connectivity index (χ0n) is 9.49. The van der Waals surface area contributed by atoms with Crippen LogP contribution in [0.5, 0.6) is 0 Å². The van der Waals surface area contributed by atoms with Gasteiger partial charge in [0.05, 0.1) is 12.2 Å². The van der Waals surface area contributed by atoms with Crippen LogP contribution < -0.4 is 4.90 Å². The van der Waals surface area contributed by atoms with Crippen LogP contribution in [0.25, 0.3) is 0 Å². The Labute approximate surface area is 123 Å². The lowest BCUT2D eigenvalue weighted by Gasteiger charge is -2.20. The molecule has 1 aromatic carbocycles. The Kier molecular flexibility index (Phi) is 4.65. The Morgan fingerprint density at radius 3 is 2.71 bits per heavy atom. The molecule has 0 saturated carbocycles. The van der Waals surface area contributed by atoms with Crippen molar-refractivity contribution in [2.24, 2.45) is 0 Å². The summed E-state index contributed by atoms with van der Waals surface area (Å²) in [6.45, 7) is 0.948. The van der Waals surface area contributed by atoms with E-state index in [-0.39, 0.29) is 0 Å². The maximum absolute atomic E-state index is 3.63. The molecule has 0 unspecified atom stereocenters. The van der Waals surface area contributed by atoms with Gasteiger partial charge in [0, 0.05) is 21.7 Å². The number of nitrogens with zero attached hydrogens (tertiary/aromatic N) is 1. The summed E-state index contributed by atoms with van der Waals surface area (Å²) in [7, 11) is 2.12. The molecule has 0 spiro atoms. The van der Waals surface area contributed by atoms with Crippen molar-refractivity contribution in [1.29, 1.82) is 0 Å². The molecule has 0 fully saturated rings. The van der Waals surface area contributed by atoms with Crippen molar-refractivity contribution >= 4 is 48.9 Å². The van der Waals surface area contributed by atoms with E-state index in [9.17, 15) is 0 Å². The number of benzene rings is 1. The van der Waals surface area contributed by atoms with Gasteiger partial charge in [-0.25, -0.2) is 0 Å². The van der Waals surface area contributed by atoms with Gasteiger partial charge in [0.25, 0.3) is 0 Å². The van der Waals surface area contributed by atoms with Gasteiger partial charge in [-0.15, -0.1) is 11.3 Å². The largest absolute Gasteiger partial charge is 0.369 e. The molecule has 4 heteroatoms. The van der Waals surface area contributed by atoms with Crippen molar-refractivity contribution in [3.63, 3.8) is 0 Å². The molecule has 0 aliphatic rings. The second kappa shape index (κ2) is 6.03. The highest BCUT2D eigenvalue weighted by molar-refractivity contribution is 9.10. The van der Waals surface area contributed by atoms with Gasteiger partial charge < -0.3 is 4.90 Å². The molecule has 0 aliphatic carbocycles. The van der Waals surface area contributed by atoms with Crippen molar-refractivity contribution in [3.05, 3.63) is 50.6 Å². The summed E-state index contributed by atoms with van der Waals surface area (Å²) in [5, 5.41) is 3.01. The van der Waals surface area contributed by atoms with Crippen molar-refractivity contribution in [2.75, 3.05) is 11.9 Å². The third kappa shape index (κ3) is 3.33.